The minimum atomic E-state index is -3.35. The molecule has 1 heterocycles. The molecule has 1 amide bonds. The van der Waals surface area contributed by atoms with Crippen molar-refractivity contribution in [1.82, 2.24) is 9.62 Å². The Labute approximate surface area is 179 Å². The summed E-state index contributed by atoms with van der Waals surface area (Å²) in [6, 6.07) is 18.1. The van der Waals surface area contributed by atoms with Crippen molar-refractivity contribution in [1.29, 1.82) is 0 Å². The number of sulfonamides is 1. The van der Waals surface area contributed by atoms with E-state index in [0.29, 0.717) is 19.4 Å². The largest absolute Gasteiger partial charge is 0.337 e. The molecule has 1 saturated carbocycles. The number of nitrogens with one attached hydrogen (secondary N) is 1. The molecule has 0 spiro atoms. The van der Waals surface area contributed by atoms with Crippen molar-refractivity contribution in [3.8, 4) is 11.1 Å². The summed E-state index contributed by atoms with van der Waals surface area (Å²) in [4.78, 5) is 15.1. The van der Waals surface area contributed by atoms with Gasteiger partial charge in [-0.2, -0.15) is 0 Å². The number of hydrogen-bond acceptors (Lipinski definition) is 3. The van der Waals surface area contributed by atoms with E-state index >= 15 is 0 Å². The molecule has 2 aromatic rings. The molecule has 0 radical (unpaired) electrons. The quantitative estimate of drug-likeness (QED) is 0.769. The van der Waals surface area contributed by atoms with Gasteiger partial charge in [0.15, 0.2) is 0 Å². The Morgan fingerprint density at radius 3 is 2.40 bits per heavy atom. The van der Waals surface area contributed by atoms with Crippen molar-refractivity contribution in [3.05, 3.63) is 60.2 Å². The lowest BCUT2D eigenvalue weighted by Crippen LogP contribution is -2.48. The van der Waals surface area contributed by atoms with E-state index in [1.807, 2.05) is 29.2 Å². The van der Waals surface area contributed by atoms with Crippen molar-refractivity contribution < 1.29 is 13.2 Å². The van der Waals surface area contributed by atoms with Gasteiger partial charge in [-0.15, -0.1) is 0 Å². The van der Waals surface area contributed by atoms with E-state index in [9.17, 15) is 13.2 Å². The average Bonchev–Trinajstić information content (AvgIpc) is 3.18. The summed E-state index contributed by atoms with van der Waals surface area (Å²) in [7, 11) is -3.35. The Balaban J connectivity index is 1.59. The number of amides is 1. The SMILES string of the molecule is CC1(C)CC1C(=O)N1CC[C@H](NS(C)(=O)=O)[C@@H]1Cc1cccc(-c2ccccc2)c1. The molecule has 160 valence electrons. The first-order valence-corrected chi connectivity index (χ1v) is 12.5. The van der Waals surface area contributed by atoms with Crippen LogP contribution in [0.1, 0.15) is 32.3 Å². The fraction of sp³-hybridized carbons (Fsp3) is 0.458. The van der Waals surface area contributed by atoms with Gasteiger partial charge in [0, 0.05) is 18.5 Å². The third-order valence-corrected chi connectivity index (χ3v) is 7.22. The molecule has 4 rings (SSSR count). The lowest BCUT2D eigenvalue weighted by Gasteiger charge is -2.29. The normalized spacial score (nSPS) is 25.3. The number of nitrogens with zero attached hydrogens (tertiary/aromatic N) is 1. The Morgan fingerprint density at radius 2 is 1.77 bits per heavy atom. The third-order valence-electron chi connectivity index (χ3n) is 6.48. The molecule has 2 aliphatic rings. The first kappa shape index (κ1) is 21.1. The van der Waals surface area contributed by atoms with Crippen LogP contribution in [0.3, 0.4) is 0 Å². The standard InChI is InChI=1S/C24H30N2O3S/c1-24(2)16-20(24)23(27)26-13-12-21(25-30(3,28)29)22(26)15-17-8-7-11-19(14-17)18-9-5-4-6-10-18/h4-11,14,20-22,25H,12-13,15-16H2,1-3H3/t20?,21-,22-/m0/s1. The molecular formula is C24H30N2O3S. The van der Waals surface area contributed by atoms with Crippen LogP contribution in [0.15, 0.2) is 54.6 Å². The van der Waals surface area contributed by atoms with Gasteiger partial charge in [-0.1, -0.05) is 68.4 Å². The van der Waals surface area contributed by atoms with Gasteiger partial charge in [0.2, 0.25) is 15.9 Å². The van der Waals surface area contributed by atoms with Gasteiger partial charge in [0.1, 0.15) is 0 Å². The second-order valence-corrected chi connectivity index (χ2v) is 11.2. The fourth-order valence-corrected chi connectivity index (χ4v) is 5.46. The number of rotatable bonds is 6. The minimum absolute atomic E-state index is 0.0487. The highest BCUT2D eigenvalue weighted by atomic mass is 32.2. The summed E-state index contributed by atoms with van der Waals surface area (Å²) in [5, 5.41) is 0. The van der Waals surface area contributed by atoms with Crippen LogP contribution in [-0.4, -0.2) is 44.1 Å². The zero-order valence-corrected chi connectivity index (χ0v) is 18.7. The van der Waals surface area contributed by atoms with Crippen LogP contribution in [0.2, 0.25) is 0 Å². The highest BCUT2D eigenvalue weighted by Crippen LogP contribution is 2.53. The van der Waals surface area contributed by atoms with Crippen LogP contribution in [-0.2, 0) is 21.2 Å². The van der Waals surface area contributed by atoms with Crippen LogP contribution in [0.4, 0.5) is 0 Å². The fourth-order valence-electron chi connectivity index (χ4n) is 4.63. The summed E-state index contributed by atoms with van der Waals surface area (Å²) < 4.78 is 26.6. The second kappa shape index (κ2) is 7.82. The summed E-state index contributed by atoms with van der Waals surface area (Å²) >= 11 is 0. The number of benzene rings is 2. The number of hydrogen-bond donors (Lipinski definition) is 1. The Kier molecular flexibility index (Phi) is 5.49. The molecule has 2 aromatic carbocycles. The monoisotopic (exact) mass is 426 g/mol. The molecule has 6 heteroatoms. The van der Waals surface area contributed by atoms with Gasteiger partial charge < -0.3 is 4.90 Å². The molecule has 1 saturated heterocycles. The van der Waals surface area contributed by atoms with Crippen molar-refractivity contribution in [2.45, 2.75) is 45.2 Å². The molecule has 2 fully saturated rings. The van der Waals surface area contributed by atoms with Gasteiger partial charge >= 0.3 is 0 Å². The molecule has 1 unspecified atom stereocenters. The number of likely N-dealkylation sites (tertiary alicyclic amines) is 1. The van der Waals surface area contributed by atoms with Gasteiger partial charge in [0.05, 0.1) is 12.3 Å². The zero-order chi connectivity index (χ0) is 21.5. The predicted octanol–water partition coefficient (Wildman–Crippen LogP) is 3.46. The van der Waals surface area contributed by atoms with Crippen molar-refractivity contribution in [3.63, 3.8) is 0 Å². The first-order valence-electron chi connectivity index (χ1n) is 10.6. The van der Waals surface area contributed by atoms with Crippen molar-refractivity contribution in [2.24, 2.45) is 11.3 Å². The molecule has 0 bridgehead atoms. The molecule has 0 aromatic heterocycles. The second-order valence-electron chi connectivity index (χ2n) is 9.40. The van der Waals surface area contributed by atoms with Crippen LogP contribution in [0.5, 0.6) is 0 Å². The maximum atomic E-state index is 13.2. The van der Waals surface area contributed by atoms with Gasteiger partial charge in [-0.3, -0.25) is 4.79 Å². The van der Waals surface area contributed by atoms with Gasteiger partial charge in [0.25, 0.3) is 0 Å². The van der Waals surface area contributed by atoms with Gasteiger partial charge in [-0.25, -0.2) is 13.1 Å². The van der Waals surface area contributed by atoms with Crippen molar-refractivity contribution in [2.75, 3.05) is 12.8 Å². The molecule has 1 aliphatic heterocycles. The smallest absolute Gasteiger partial charge is 0.226 e. The van der Waals surface area contributed by atoms with Crippen molar-refractivity contribution >= 4 is 15.9 Å². The van der Waals surface area contributed by atoms with E-state index in [-0.39, 0.29) is 29.3 Å². The molecule has 1 aliphatic carbocycles. The highest BCUT2D eigenvalue weighted by Gasteiger charge is 2.54. The molecular weight excluding hydrogens is 396 g/mol. The molecule has 30 heavy (non-hydrogen) atoms. The third kappa shape index (κ3) is 4.60. The predicted molar refractivity (Wildman–Crippen MR) is 119 cm³/mol. The number of carbonyl (C=O) groups excluding carboxylic acids is 1. The maximum Gasteiger partial charge on any atom is 0.226 e. The van der Waals surface area contributed by atoms with Crippen LogP contribution in [0, 0.1) is 11.3 Å². The molecule has 5 nitrogen and oxygen atoms in total. The molecule has 3 atom stereocenters. The first-order chi connectivity index (χ1) is 14.1. The summed E-state index contributed by atoms with van der Waals surface area (Å²) in [6.45, 7) is 4.84. The summed E-state index contributed by atoms with van der Waals surface area (Å²) in [5.74, 6) is 0.217. The summed E-state index contributed by atoms with van der Waals surface area (Å²) in [6.07, 6.45) is 3.37. The average molecular weight is 427 g/mol. The zero-order valence-electron chi connectivity index (χ0n) is 17.8. The Hall–Kier alpha value is -2.18. The Morgan fingerprint density at radius 1 is 1.10 bits per heavy atom. The van der Waals surface area contributed by atoms with E-state index in [4.69, 9.17) is 0 Å². The topological polar surface area (TPSA) is 66.5 Å². The van der Waals surface area contributed by atoms with Crippen LogP contribution in [0.25, 0.3) is 11.1 Å². The number of carbonyl (C=O) groups is 1. The summed E-state index contributed by atoms with van der Waals surface area (Å²) in [5.41, 5.74) is 3.43. The lowest BCUT2D eigenvalue weighted by atomic mass is 9.96. The van der Waals surface area contributed by atoms with E-state index in [1.54, 1.807) is 0 Å². The van der Waals surface area contributed by atoms with Gasteiger partial charge in [-0.05, 0) is 41.4 Å². The van der Waals surface area contributed by atoms with E-state index < -0.39 is 10.0 Å². The van der Waals surface area contributed by atoms with Crippen LogP contribution < -0.4 is 4.72 Å². The molecule has 1 N–H and O–H groups in total. The van der Waals surface area contributed by atoms with E-state index in [0.717, 1.165) is 23.1 Å². The van der Waals surface area contributed by atoms with E-state index in [2.05, 4.69) is 48.9 Å². The van der Waals surface area contributed by atoms with Crippen LogP contribution >= 0.6 is 0 Å². The van der Waals surface area contributed by atoms with E-state index in [1.165, 1.54) is 6.26 Å². The lowest BCUT2D eigenvalue weighted by molar-refractivity contribution is -0.134. The Bertz CT molecular complexity index is 1030. The minimum Gasteiger partial charge on any atom is -0.337 e. The highest BCUT2D eigenvalue weighted by molar-refractivity contribution is 7.88. The maximum absolute atomic E-state index is 13.2.